The van der Waals surface area contributed by atoms with Gasteiger partial charge in [-0.2, -0.15) is 0 Å². The molecule has 0 fully saturated rings. The van der Waals surface area contributed by atoms with Crippen LogP contribution in [0.1, 0.15) is 32.4 Å². The predicted octanol–water partition coefficient (Wildman–Crippen LogP) is 3.49. The first-order valence-electron chi connectivity index (χ1n) is 7.03. The van der Waals surface area contributed by atoms with E-state index in [-0.39, 0.29) is 5.91 Å². The molecule has 0 aliphatic carbocycles. The maximum atomic E-state index is 11.9. The molecular formula is C16H20N2O2. The van der Waals surface area contributed by atoms with E-state index >= 15 is 0 Å². The molecule has 4 nitrogen and oxygen atoms in total. The van der Waals surface area contributed by atoms with Gasteiger partial charge < -0.3 is 9.42 Å². The Balaban J connectivity index is 2.07. The molecule has 0 spiro atoms. The van der Waals surface area contributed by atoms with Crippen molar-refractivity contribution in [3.63, 3.8) is 0 Å². The Hall–Kier alpha value is -2.10. The SMILES string of the molecule is CCCC(=O)N(CC)Cc1cc(-c2ccccc2)no1. The average Bonchev–Trinajstić information content (AvgIpc) is 2.94. The van der Waals surface area contributed by atoms with Crippen molar-refractivity contribution in [3.8, 4) is 11.3 Å². The fraction of sp³-hybridized carbons (Fsp3) is 0.375. The topological polar surface area (TPSA) is 46.3 Å². The summed E-state index contributed by atoms with van der Waals surface area (Å²) in [7, 11) is 0. The van der Waals surface area contributed by atoms with Crippen LogP contribution in [0, 0.1) is 0 Å². The van der Waals surface area contributed by atoms with Crippen LogP contribution in [0.5, 0.6) is 0 Å². The van der Waals surface area contributed by atoms with Crippen molar-refractivity contribution in [2.24, 2.45) is 0 Å². The van der Waals surface area contributed by atoms with Gasteiger partial charge in [0.25, 0.3) is 0 Å². The molecule has 1 aromatic heterocycles. The van der Waals surface area contributed by atoms with E-state index < -0.39 is 0 Å². The molecule has 1 amide bonds. The quantitative estimate of drug-likeness (QED) is 0.808. The van der Waals surface area contributed by atoms with Crippen molar-refractivity contribution < 1.29 is 9.32 Å². The molecule has 4 heteroatoms. The lowest BCUT2D eigenvalue weighted by molar-refractivity contribution is -0.131. The largest absolute Gasteiger partial charge is 0.359 e. The molecule has 106 valence electrons. The summed E-state index contributed by atoms with van der Waals surface area (Å²) in [6.07, 6.45) is 1.44. The highest BCUT2D eigenvalue weighted by Gasteiger charge is 2.14. The normalized spacial score (nSPS) is 10.5. The Morgan fingerprint density at radius 3 is 2.65 bits per heavy atom. The first-order valence-corrected chi connectivity index (χ1v) is 7.03. The zero-order valence-electron chi connectivity index (χ0n) is 12.0. The van der Waals surface area contributed by atoms with Crippen LogP contribution in [0.2, 0.25) is 0 Å². The highest BCUT2D eigenvalue weighted by atomic mass is 16.5. The molecule has 2 rings (SSSR count). The first kappa shape index (κ1) is 14.3. The van der Waals surface area contributed by atoms with Gasteiger partial charge in [-0.3, -0.25) is 4.79 Å². The van der Waals surface area contributed by atoms with E-state index in [2.05, 4.69) is 5.16 Å². The van der Waals surface area contributed by atoms with Gasteiger partial charge in [-0.25, -0.2) is 0 Å². The maximum absolute atomic E-state index is 11.9. The minimum absolute atomic E-state index is 0.160. The van der Waals surface area contributed by atoms with Crippen LogP contribution in [0.15, 0.2) is 40.9 Å². The monoisotopic (exact) mass is 272 g/mol. The minimum Gasteiger partial charge on any atom is -0.359 e. The fourth-order valence-corrected chi connectivity index (χ4v) is 2.07. The Morgan fingerprint density at radius 1 is 1.25 bits per heavy atom. The van der Waals surface area contributed by atoms with E-state index in [4.69, 9.17) is 4.52 Å². The van der Waals surface area contributed by atoms with Crippen molar-refractivity contribution in [2.75, 3.05) is 6.54 Å². The van der Waals surface area contributed by atoms with Gasteiger partial charge >= 0.3 is 0 Å². The molecule has 1 heterocycles. The number of amides is 1. The molecule has 0 saturated carbocycles. The van der Waals surface area contributed by atoms with Gasteiger partial charge in [0.15, 0.2) is 5.76 Å². The number of hydrogen-bond acceptors (Lipinski definition) is 3. The average molecular weight is 272 g/mol. The zero-order chi connectivity index (χ0) is 14.4. The van der Waals surface area contributed by atoms with Crippen LogP contribution in [-0.2, 0) is 11.3 Å². The van der Waals surface area contributed by atoms with E-state index in [1.807, 2.05) is 50.2 Å². The fourth-order valence-electron chi connectivity index (χ4n) is 2.07. The van der Waals surface area contributed by atoms with Crippen LogP contribution in [-0.4, -0.2) is 22.5 Å². The Labute approximate surface area is 119 Å². The summed E-state index contributed by atoms with van der Waals surface area (Å²) in [5.74, 6) is 0.878. The molecular weight excluding hydrogens is 252 g/mol. The first-order chi connectivity index (χ1) is 9.74. The predicted molar refractivity (Wildman–Crippen MR) is 77.9 cm³/mol. The molecule has 0 bridgehead atoms. The smallest absolute Gasteiger partial charge is 0.222 e. The molecule has 0 unspecified atom stereocenters. The molecule has 0 aliphatic heterocycles. The lowest BCUT2D eigenvalue weighted by atomic mass is 10.1. The van der Waals surface area contributed by atoms with E-state index in [1.165, 1.54) is 0 Å². The molecule has 0 radical (unpaired) electrons. The molecule has 0 saturated heterocycles. The number of benzene rings is 1. The number of nitrogens with zero attached hydrogens (tertiary/aromatic N) is 2. The number of hydrogen-bond donors (Lipinski definition) is 0. The van der Waals surface area contributed by atoms with Crippen LogP contribution >= 0.6 is 0 Å². The number of rotatable bonds is 6. The van der Waals surface area contributed by atoms with E-state index in [9.17, 15) is 4.79 Å². The van der Waals surface area contributed by atoms with E-state index in [1.54, 1.807) is 4.90 Å². The third-order valence-corrected chi connectivity index (χ3v) is 3.17. The lowest BCUT2D eigenvalue weighted by Gasteiger charge is -2.18. The summed E-state index contributed by atoms with van der Waals surface area (Å²) in [5.41, 5.74) is 1.82. The minimum atomic E-state index is 0.160. The molecule has 0 N–H and O–H groups in total. The Bertz CT molecular complexity index is 549. The van der Waals surface area contributed by atoms with Gasteiger partial charge in [-0.15, -0.1) is 0 Å². The van der Waals surface area contributed by atoms with Crippen molar-refractivity contribution in [1.82, 2.24) is 10.1 Å². The number of aromatic nitrogens is 1. The third-order valence-electron chi connectivity index (χ3n) is 3.17. The highest BCUT2D eigenvalue weighted by molar-refractivity contribution is 5.76. The van der Waals surface area contributed by atoms with Crippen molar-refractivity contribution in [3.05, 3.63) is 42.2 Å². The van der Waals surface area contributed by atoms with Gasteiger partial charge in [-0.05, 0) is 13.3 Å². The summed E-state index contributed by atoms with van der Waals surface area (Å²) in [6, 6.07) is 11.8. The van der Waals surface area contributed by atoms with Gasteiger partial charge in [-0.1, -0.05) is 42.4 Å². The maximum Gasteiger partial charge on any atom is 0.222 e. The number of carbonyl (C=O) groups is 1. The van der Waals surface area contributed by atoms with Crippen molar-refractivity contribution in [1.29, 1.82) is 0 Å². The second-order valence-electron chi connectivity index (χ2n) is 4.70. The molecule has 2 aromatic rings. The standard InChI is InChI=1S/C16H20N2O2/c1-3-8-16(19)18(4-2)12-14-11-15(17-20-14)13-9-6-5-7-10-13/h5-7,9-11H,3-4,8,12H2,1-2H3. The molecule has 0 aliphatic rings. The Morgan fingerprint density at radius 2 is 2.00 bits per heavy atom. The lowest BCUT2D eigenvalue weighted by Crippen LogP contribution is -2.29. The number of carbonyl (C=O) groups excluding carboxylic acids is 1. The summed E-state index contributed by atoms with van der Waals surface area (Å²) in [6.45, 7) is 5.14. The van der Waals surface area contributed by atoms with Gasteiger partial charge in [0.2, 0.25) is 5.91 Å². The van der Waals surface area contributed by atoms with Crippen molar-refractivity contribution >= 4 is 5.91 Å². The Kier molecular flexibility index (Phi) is 4.93. The summed E-state index contributed by atoms with van der Waals surface area (Å²) >= 11 is 0. The summed E-state index contributed by atoms with van der Waals surface area (Å²) < 4.78 is 5.34. The van der Waals surface area contributed by atoms with Crippen LogP contribution in [0.25, 0.3) is 11.3 Å². The van der Waals surface area contributed by atoms with Gasteiger partial charge in [0.1, 0.15) is 5.69 Å². The highest BCUT2D eigenvalue weighted by Crippen LogP contribution is 2.19. The van der Waals surface area contributed by atoms with Crippen LogP contribution in [0.4, 0.5) is 0 Å². The van der Waals surface area contributed by atoms with Gasteiger partial charge in [0.05, 0.1) is 6.54 Å². The molecule has 1 aromatic carbocycles. The molecule has 20 heavy (non-hydrogen) atoms. The third kappa shape index (κ3) is 3.47. The second-order valence-corrected chi connectivity index (χ2v) is 4.70. The van der Waals surface area contributed by atoms with Crippen molar-refractivity contribution in [2.45, 2.75) is 33.2 Å². The van der Waals surface area contributed by atoms with Crippen LogP contribution in [0.3, 0.4) is 0 Å². The summed E-state index contributed by atoms with van der Waals surface area (Å²) in [5, 5.41) is 4.07. The van der Waals surface area contributed by atoms with E-state index in [0.717, 1.165) is 23.4 Å². The molecule has 0 atom stereocenters. The summed E-state index contributed by atoms with van der Waals surface area (Å²) in [4.78, 5) is 13.7. The zero-order valence-corrected chi connectivity index (χ0v) is 12.0. The second kappa shape index (κ2) is 6.89. The van der Waals surface area contributed by atoms with Crippen LogP contribution < -0.4 is 0 Å². The van der Waals surface area contributed by atoms with Gasteiger partial charge in [0, 0.05) is 24.6 Å². The van der Waals surface area contributed by atoms with E-state index in [0.29, 0.717) is 19.5 Å².